The fraction of sp³-hybridized carbons (Fsp3) is 0.571. The molecule has 7 unspecified atom stereocenters. The molecule has 0 spiro atoms. The third-order valence-electron chi connectivity index (χ3n) is 10.9. The molecule has 8 rings (SSSR count). The zero-order valence-electron chi connectivity index (χ0n) is 26.3. The maximum Gasteiger partial charge on any atom is 0.327 e. The van der Waals surface area contributed by atoms with Crippen LogP contribution >= 0.6 is 22.6 Å². The van der Waals surface area contributed by atoms with Crippen LogP contribution in [0.15, 0.2) is 54.6 Å². The van der Waals surface area contributed by atoms with E-state index >= 15 is 4.79 Å². The Morgan fingerprint density at radius 3 is 2.36 bits per heavy atom. The Kier molecular flexibility index (Phi) is 8.12. The highest BCUT2D eigenvalue weighted by Crippen LogP contribution is 2.64. The molecular weight excluding hydrogens is 717 g/mol. The molecular formula is C35H40IN3O8. The van der Waals surface area contributed by atoms with Gasteiger partial charge in [-0.2, -0.15) is 5.06 Å². The fourth-order valence-electron chi connectivity index (χ4n) is 8.43. The highest BCUT2D eigenvalue weighted by molar-refractivity contribution is 14.1. The van der Waals surface area contributed by atoms with E-state index in [2.05, 4.69) is 27.9 Å². The molecule has 0 radical (unpaired) electrons. The number of nitrogens with one attached hydrogen (secondary N) is 1. The summed E-state index contributed by atoms with van der Waals surface area (Å²) in [5.74, 6) is -1.48. The van der Waals surface area contributed by atoms with Crippen LogP contribution in [0.25, 0.3) is 0 Å². The van der Waals surface area contributed by atoms with Crippen molar-refractivity contribution >= 4 is 40.4 Å². The average Bonchev–Trinajstić information content (AvgIpc) is 4.02. The lowest BCUT2D eigenvalue weighted by Crippen LogP contribution is -2.70. The van der Waals surface area contributed by atoms with Gasteiger partial charge in [-0.25, -0.2) is 0 Å². The van der Waals surface area contributed by atoms with Crippen LogP contribution in [0.5, 0.6) is 0 Å². The predicted octanol–water partition coefficient (Wildman–Crippen LogP) is 2.57. The Balaban J connectivity index is 1.18. The average molecular weight is 758 g/mol. The highest BCUT2D eigenvalue weighted by atomic mass is 127. The van der Waals surface area contributed by atoms with Gasteiger partial charge in [-0.15, -0.1) is 0 Å². The van der Waals surface area contributed by atoms with Crippen molar-refractivity contribution in [3.8, 4) is 0 Å². The molecule has 3 aliphatic carbocycles. The van der Waals surface area contributed by atoms with E-state index in [-0.39, 0.29) is 56.2 Å². The summed E-state index contributed by atoms with van der Waals surface area (Å²) in [6, 6.07) is 15.5. The van der Waals surface area contributed by atoms with E-state index in [1.807, 2.05) is 54.6 Å². The number of rotatable bonds is 11. The molecule has 3 aliphatic heterocycles. The largest absolute Gasteiger partial charge is 0.458 e. The van der Waals surface area contributed by atoms with Crippen molar-refractivity contribution in [1.29, 1.82) is 0 Å². The summed E-state index contributed by atoms with van der Waals surface area (Å²) in [5, 5.41) is 13.8. The van der Waals surface area contributed by atoms with E-state index in [1.54, 1.807) is 12.1 Å². The molecule has 47 heavy (non-hydrogen) atoms. The summed E-state index contributed by atoms with van der Waals surface area (Å²) in [6.45, 7) is 0.0907. The number of carbonyl (C=O) groups is 3. The Morgan fingerprint density at radius 2 is 1.70 bits per heavy atom. The minimum atomic E-state index is -1.38. The summed E-state index contributed by atoms with van der Waals surface area (Å²) >= 11 is 2.25. The normalized spacial score (nSPS) is 32.7. The number of fused-ring (bicyclic) bond motifs is 4. The zero-order chi connectivity index (χ0) is 32.5. The molecule has 250 valence electrons. The topological polar surface area (TPSA) is 127 Å². The molecule has 7 atom stereocenters. The van der Waals surface area contributed by atoms with E-state index in [1.165, 1.54) is 4.90 Å². The van der Waals surface area contributed by atoms with Crippen LogP contribution in [0, 0.1) is 20.8 Å². The van der Waals surface area contributed by atoms with E-state index in [0.29, 0.717) is 0 Å². The third kappa shape index (κ3) is 5.30. The quantitative estimate of drug-likeness (QED) is 0.263. The van der Waals surface area contributed by atoms with Crippen LogP contribution in [-0.4, -0.2) is 95.3 Å². The van der Waals surface area contributed by atoms with Gasteiger partial charge in [0.25, 0.3) is 0 Å². The molecule has 2 N–H and O–H groups in total. The molecule has 2 amide bonds. The molecule has 11 nitrogen and oxygen atoms in total. The molecule has 12 heteroatoms. The van der Waals surface area contributed by atoms with Crippen molar-refractivity contribution in [2.75, 3.05) is 20.2 Å². The molecule has 6 fully saturated rings. The molecule has 0 aromatic heterocycles. The summed E-state index contributed by atoms with van der Waals surface area (Å²) < 4.78 is 21.0. The van der Waals surface area contributed by atoms with Gasteiger partial charge in [-0.05, 0) is 71.5 Å². The van der Waals surface area contributed by atoms with Crippen molar-refractivity contribution in [3.05, 3.63) is 69.3 Å². The number of aliphatic hydroxyl groups excluding tert-OH is 1. The number of benzene rings is 2. The second kappa shape index (κ2) is 12.1. The van der Waals surface area contributed by atoms with E-state index in [0.717, 1.165) is 40.4 Å². The third-order valence-corrected chi connectivity index (χ3v) is 11.6. The number of hydrogen-bond acceptors (Lipinski definition) is 9. The lowest BCUT2D eigenvalue weighted by Gasteiger charge is -2.50. The number of carbonyl (C=O) groups excluding carboxylic acids is 3. The lowest BCUT2D eigenvalue weighted by molar-refractivity contribution is -0.235. The highest BCUT2D eigenvalue weighted by Gasteiger charge is 2.78. The Labute approximate surface area is 287 Å². The maximum atomic E-state index is 15.2. The monoisotopic (exact) mass is 757 g/mol. The van der Waals surface area contributed by atoms with Gasteiger partial charge in [-0.1, -0.05) is 42.5 Å². The van der Waals surface area contributed by atoms with Crippen LogP contribution in [0.4, 0.5) is 0 Å². The van der Waals surface area contributed by atoms with Crippen LogP contribution < -0.4 is 5.32 Å². The number of ether oxygens (including phenoxy) is 3. The first-order valence-electron chi connectivity index (χ1n) is 16.7. The first-order chi connectivity index (χ1) is 22.7. The summed E-state index contributed by atoms with van der Waals surface area (Å²) in [5.41, 5.74) is 0.424. The zero-order valence-corrected chi connectivity index (χ0v) is 28.4. The lowest BCUT2D eigenvalue weighted by atomic mass is 9.62. The van der Waals surface area contributed by atoms with Gasteiger partial charge in [0.2, 0.25) is 11.8 Å². The number of nitrogens with zero attached hydrogens (tertiary/aromatic N) is 2. The first kappa shape index (κ1) is 31.6. The molecule has 2 aromatic rings. The standard InChI is InChI=1S/C35H40IN3O8/c1-38(25(31(41)37-15-16-40)17-20-5-3-2-4-6-20)33(43)34-18-26-27-28(46-35(45-27,22-9-10-22)23-11-12-23)30(34)47-39(29(34)32(42)44-26)19-21-7-13-24(36)14-8-21/h2-8,13-14,22-23,25-30,40H,9-12,15-19H2,1H3,(H,37,41). The summed E-state index contributed by atoms with van der Waals surface area (Å²) in [7, 11) is 1.62. The van der Waals surface area contributed by atoms with Crippen molar-refractivity contribution in [3.63, 3.8) is 0 Å². The SMILES string of the molecule is CN(C(=O)C12CC3OC(=O)C1N(Cc1ccc(I)cc1)OC2C1OC(C2CC2)(C2CC2)OC31)C(Cc1ccccc1)C(=O)NCCO. The van der Waals surface area contributed by atoms with Gasteiger partial charge in [-0.3, -0.25) is 19.2 Å². The number of halogens is 1. The van der Waals surface area contributed by atoms with Gasteiger partial charge < -0.3 is 29.5 Å². The van der Waals surface area contributed by atoms with Gasteiger partial charge in [0.1, 0.15) is 35.9 Å². The number of hydroxylamine groups is 2. The van der Waals surface area contributed by atoms with Crippen molar-refractivity contribution < 1.29 is 38.5 Å². The first-order valence-corrected chi connectivity index (χ1v) is 17.8. The second-order valence-corrected chi connectivity index (χ2v) is 15.2. The maximum absolute atomic E-state index is 15.2. The van der Waals surface area contributed by atoms with E-state index in [9.17, 15) is 14.7 Å². The number of amides is 2. The number of aliphatic hydroxyl groups is 1. The molecule has 2 bridgehead atoms. The molecule has 2 aromatic carbocycles. The minimum Gasteiger partial charge on any atom is -0.458 e. The predicted molar refractivity (Wildman–Crippen MR) is 175 cm³/mol. The van der Waals surface area contributed by atoms with Crippen LogP contribution in [0.1, 0.15) is 43.2 Å². The van der Waals surface area contributed by atoms with Gasteiger partial charge in [0.15, 0.2) is 11.8 Å². The molecule has 3 saturated carbocycles. The number of likely N-dealkylation sites (N-methyl/N-ethyl adjacent to an activating group) is 1. The van der Waals surface area contributed by atoms with Gasteiger partial charge in [0.05, 0.1) is 13.2 Å². The Morgan fingerprint density at radius 1 is 1.02 bits per heavy atom. The van der Waals surface area contributed by atoms with Gasteiger partial charge >= 0.3 is 5.97 Å². The smallest absolute Gasteiger partial charge is 0.327 e. The fourth-order valence-corrected chi connectivity index (χ4v) is 8.79. The molecule has 6 aliphatic rings. The number of hydrogen-bond donors (Lipinski definition) is 2. The van der Waals surface area contributed by atoms with E-state index < -0.39 is 53.7 Å². The van der Waals surface area contributed by atoms with Gasteiger partial charge in [0, 0.05) is 41.8 Å². The van der Waals surface area contributed by atoms with Crippen LogP contribution in [-0.2, 0) is 46.4 Å². The summed E-state index contributed by atoms with van der Waals surface area (Å²) in [4.78, 5) is 51.2. The van der Waals surface area contributed by atoms with Crippen molar-refractivity contribution in [1.82, 2.24) is 15.3 Å². The van der Waals surface area contributed by atoms with Crippen LogP contribution in [0.3, 0.4) is 0 Å². The van der Waals surface area contributed by atoms with Crippen LogP contribution in [0.2, 0.25) is 0 Å². The van der Waals surface area contributed by atoms with Crippen molar-refractivity contribution in [2.45, 2.75) is 87.4 Å². The minimum absolute atomic E-state index is 0.0587. The molecule has 3 heterocycles. The Hall–Kier alpha value is -2.62. The summed E-state index contributed by atoms with van der Waals surface area (Å²) in [6.07, 6.45) is 1.84. The second-order valence-electron chi connectivity index (χ2n) is 13.9. The molecule has 3 saturated heterocycles. The Bertz CT molecular complexity index is 1520. The van der Waals surface area contributed by atoms with Crippen molar-refractivity contribution in [2.24, 2.45) is 17.3 Å². The van der Waals surface area contributed by atoms with E-state index in [4.69, 9.17) is 19.0 Å². The number of esters is 1.